The Balaban J connectivity index is 4.35. The Bertz CT molecular complexity index is 529. The zero-order valence-electron chi connectivity index (χ0n) is 15.5. The number of hydrogen-bond donors (Lipinski definition) is 2. The van der Waals surface area contributed by atoms with Gasteiger partial charge in [0, 0.05) is 0 Å². The lowest BCUT2D eigenvalue weighted by Crippen LogP contribution is -2.26. The van der Waals surface area contributed by atoms with Crippen LogP contribution in [0.4, 0.5) is 0 Å². The topological polar surface area (TPSA) is 86.7 Å². The molecule has 0 amide bonds. The first-order valence-electron chi connectivity index (χ1n) is 8.20. The van der Waals surface area contributed by atoms with Crippen LogP contribution in [-0.4, -0.2) is 53.1 Å². The van der Waals surface area contributed by atoms with E-state index in [1.165, 1.54) is 0 Å². The lowest BCUT2D eigenvalue weighted by Gasteiger charge is -2.23. The van der Waals surface area contributed by atoms with E-state index in [9.17, 15) is 16.8 Å². The molecule has 0 bridgehead atoms. The third kappa shape index (κ3) is 13.4. The second-order valence-corrected chi connectivity index (χ2v) is 12.1. The molecule has 0 heterocycles. The quantitative estimate of drug-likeness (QED) is 0.322. The molecule has 0 saturated heterocycles. The minimum atomic E-state index is -3.76. The molecule has 0 atom stereocenters. The summed E-state index contributed by atoms with van der Waals surface area (Å²) in [7, 11) is -7.53. The van der Waals surface area contributed by atoms with Crippen molar-refractivity contribution in [3.63, 3.8) is 0 Å². The zero-order valence-corrected chi connectivity index (χ0v) is 18.9. The fraction of sp³-hybridized carbons (Fsp3) is 1.00. The van der Waals surface area contributed by atoms with Gasteiger partial charge < -0.3 is 0 Å². The third-order valence-electron chi connectivity index (χ3n) is 3.62. The lowest BCUT2D eigenvalue weighted by molar-refractivity contribution is 0.181. The third-order valence-corrected chi connectivity index (χ3v) is 6.60. The molecular weight excluding hydrogens is 404 g/mol. The van der Waals surface area contributed by atoms with E-state index in [1.54, 1.807) is 0 Å². The van der Waals surface area contributed by atoms with Crippen molar-refractivity contribution in [1.29, 1.82) is 0 Å². The van der Waals surface area contributed by atoms with E-state index in [2.05, 4.69) is 25.3 Å². The summed E-state index contributed by atoms with van der Waals surface area (Å²) in [6, 6.07) is 0. The van der Waals surface area contributed by atoms with Crippen molar-refractivity contribution in [2.75, 3.05) is 36.2 Å². The van der Waals surface area contributed by atoms with Gasteiger partial charge in [-0.05, 0) is 41.6 Å². The van der Waals surface area contributed by atoms with Crippen molar-refractivity contribution in [1.82, 2.24) is 0 Å². The molecule has 0 spiro atoms. The molecule has 0 N–H and O–H groups in total. The maximum atomic E-state index is 11.9. The Hall–Kier alpha value is 0.520. The largest absolute Gasteiger partial charge is 0.270 e. The van der Waals surface area contributed by atoms with Crippen LogP contribution >= 0.6 is 25.3 Å². The fourth-order valence-electron chi connectivity index (χ4n) is 1.78. The summed E-state index contributed by atoms with van der Waals surface area (Å²) < 4.78 is 57.5. The van der Waals surface area contributed by atoms with Gasteiger partial charge in [0.15, 0.2) is 0 Å². The Morgan fingerprint density at radius 1 is 0.720 bits per heavy atom. The maximum absolute atomic E-state index is 11.9. The summed E-state index contributed by atoms with van der Waals surface area (Å²) in [5, 5.41) is 0. The molecule has 0 radical (unpaired) electrons. The second-order valence-electron chi connectivity index (χ2n) is 7.68. The van der Waals surface area contributed by atoms with Crippen molar-refractivity contribution < 1.29 is 25.2 Å². The van der Waals surface area contributed by atoms with Gasteiger partial charge in [-0.3, -0.25) is 8.37 Å². The summed E-state index contributed by atoms with van der Waals surface area (Å²) in [6.45, 7) is 7.68. The van der Waals surface area contributed by atoms with E-state index >= 15 is 0 Å². The Morgan fingerprint density at radius 3 is 1.32 bits per heavy atom. The van der Waals surface area contributed by atoms with Crippen molar-refractivity contribution in [2.45, 2.75) is 47.0 Å². The molecule has 0 aliphatic heterocycles. The van der Waals surface area contributed by atoms with Crippen molar-refractivity contribution in [3.05, 3.63) is 0 Å². The zero-order chi connectivity index (χ0) is 19.8. The molecule has 0 aromatic heterocycles. The van der Waals surface area contributed by atoms with Gasteiger partial charge in [-0.1, -0.05) is 27.7 Å². The molecular formula is C15H32O6S4. The SMILES string of the molecule is CC(C)(CCS)COS(=O)(=O)CCCS(=O)(=O)OCC(C)(C)CCS. The van der Waals surface area contributed by atoms with E-state index in [-0.39, 0.29) is 42.0 Å². The minimum absolute atomic E-state index is 0.0526. The smallest absolute Gasteiger partial charge is 0.267 e. The molecule has 25 heavy (non-hydrogen) atoms. The first-order valence-corrected chi connectivity index (χ1v) is 12.6. The molecule has 0 unspecified atom stereocenters. The summed E-state index contributed by atoms with van der Waals surface area (Å²) >= 11 is 8.26. The van der Waals surface area contributed by atoms with Crippen LogP contribution in [0.3, 0.4) is 0 Å². The Morgan fingerprint density at radius 2 is 1.04 bits per heavy atom. The maximum Gasteiger partial charge on any atom is 0.267 e. The fourth-order valence-corrected chi connectivity index (χ4v) is 5.40. The predicted octanol–water partition coefficient (Wildman–Crippen LogP) is 2.76. The molecule has 0 aromatic carbocycles. The van der Waals surface area contributed by atoms with Gasteiger partial charge in [0.05, 0.1) is 24.7 Å². The van der Waals surface area contributed by atoms with Crippen molar-refractivity contribution in [2.24, 2.45) is 10.8 Å². The Labute approximate surface area is 164 Å². The van der Waals surface area contributed by atoms with Gasteiger partial charge in [0.1, 0.15) is 0 Å². The standard InChI is InChI=1S/C15H32O6S4/c1-14(2,6-8-22)12-20-24(16,17)10-5-11-25(18,19)21-13-15(3,4)7-9-23/h22-23H,5-13H2,1-4H3. The summed E-state index contributed by atoms with van der Waals surface area (Å²) in [6.07, 6.45) is 1.37. The molecule has 0 aliphatic rings. The molecule has 6 nitrogen and oxygen atoms in total. The molecule has 0 saturated carbocycles. The van der Waals surface area contributed by atoms with Gasteiger partial charge in [-0.25, -0.2) is 0 Å². The first-order chi connectivity index (χ1) is 11.2. The number of thiol groups is 2. The van der Waals surface area contributed by atoms with Crippen LogP contribution in [0, 0.1) is 10.8 Å². The first kappa shape index (κ1) is 25.5. The molecule has 10 heteroatoms. The summed E-state index contributed by atoms with van der Waals surface area (Å²) in [5.41, 5.74) is -0.606. The number of hydrogen-bond acceptors (Lipinski definition) is 8. The van der Waals surface area contributed by atoms with Crippen LogP contribution < -0.4 is 0 Å². The van der Waals surface area contributed by atoms with Gasteiger partial charge in [-0.15, -0.1) is 0 Å². The van der Waals surface area contributed by atoms with Gasteiger partial charge in [0.25, 0.3) is 20.2 Å². The van der Waals surface area contributed by atoms with Crippen LogP contribution in [0.2, 0.25) is 0 Å². The van der Waals surface area contributed by atoms with Gasteiger partial charge >= 0.3 is 0 Å². The van der Waals surface area contributed by atoms with Gasteiger partial charge in [0.2, 0.25) is 0 Å². The molecule has 0 aromatic rings. The average molecular weight is 437 g/mol. The summed E-state index contributed by atoms with van der Waals surface area (Å²) in [5.74, 6) is 0.560. The van der Waals surface area contributed by atoms with E-state index in [0.29, 0.717) is 11.5 Å². The van der Waals surface area contributed by atoms with Crippen LogP contribution in [0.1, 0.15) is 47.0 Å². The van der Waals surface area contributed by atoms with E-state index in [4.69, 9.17) is 8.37 Å². The molecule has 0 fully saturated rings. The highest BCUT2D eigenvalue weighted by molar-refractivity contribution is 7.87. The highest BCUT2D eigenvalue weighted by atomic mass is 32.2. The van der Waals surface area contributed by atoms with Crippen LogP contribution in [0.5, 0.6) is 0 Å². The molecule has 0 rings (SSSR count). The van der Waals surface area contributed by atoms with E-state index in [0.717, 1.165) is 12.8 Å². The highest BCUT2D eigenvalue weighted by Gasteiger charge is 2.24. The number of rotatable bonds is 14. The normalized spacial score (nSPS) is 14.0. The average Bonchev–Trinajstić information content (AvgIpc) is 2.43. The summed E-state index contributed by atoms with van der Waals surface area (Å²) in [4.78, 5) is 0. The van der Waals surface area contributed by atoms with Crippen molar-refractivity contribution in [3.8, 4) is 0 Å². The van der Waals surface area contributed by atoms with Crippen LogP contribution in [-0.2, 0) is 28.6 Å². The second kappa shape index (κ2) is 10.8. The minimum Gasteiger partial charge on any atom is -0.270 e. The van der Waals surface area contributed by atoms with E-state index in [1.807, 2.05) is 27.7 Å². The Kier molecular flexibility index (Phi) is 11.0. The molecule has 152 valence electrons. The van der Waals surface area contributed by atoms with Gasteiger partial charge in [-0.2, -0.15) is 42.1 Å². The predicted molar refractivity (Wildman–Crippen MR) is 109 cm³/mol. The van der Waals surface area contributed by atoms with Crippen molar-refractivity contribution >= 4 is 45.5 Å². The monoisotopic (exact) mass is 436 g/mol. The van der Waals surface area contributed by atoms with Crippen LogP contribution in [0.25, 0.3) is 0 Å². The van der Waals surface area contributed by atoms with E-state index < -0.39 is 20.2 Å². The molecule has 0 aliphatic carbocycles. The van der Waals surface area contributed by atoms with Crippen LogP contribution in [0.15, 0.2) is 0 Å². The highest BCUT2D eigenvalue weighted by Crippen LogP contribution is 2.23. The lowest BCUT2D eigenvalue weighted by atomic mass is 9.92.